The highest BCUT2D eigenvalue weighted by Crippen LogP contribution is 2.43. The molecule has 0 radical (unpaired) electrons. The summed E-state index contributed by atoms with van der Waals surface area (Å²) in [6, 6.07) is 75.0. The Balaban J connectivity index is 0.983. The molecule has 11 aromatic rings. The fourth-order valence-electron chi connectivity index (χ4n) is 8.27. The molecule has 3 nitrogen and oxygen atoms in total. The van der Waals surface area contributed by atoms with Gasteiger partial charge in [0.25, 0.3) is 0 Å². The monoisotopic (exact) mass is 729 g/mol. The van der Waals surface area contributed by atoms with Crippen molar-refractivity contribution in [2.45, 2.75) is 0 Å². The van der Waals surface area contributed by atoms with Crippen molar-refractivity contribution in [3.63, 3.8) is 0 Å². The molecule has 0 aliphatic rings. The summed E-state index contributed by atoms with van der Waals surface area (Å²) in [5, 5.41) is 4.42. The molecule has 3 heteroatoms. The zero-order valence-corrected chi connectivity index (χ0v) is 31.0. The van der Waals surface area contributed by atoms with Crippen LogP contribution in [0.3, 0.4) is 0 Å². The lowest BCUT2D eigenvalue weighted by Crippen LogP contribution is -2.09. The minimum absolute atomic E-state index is 0.882. The zero-order chi connectivity index (χ0) is 37.7. The maximum atomic E-state index is 6.88. The van der Waals surface area contributed by atoms with E-state index in [1.807, 2.05) is 12.1 Å². The van der Waals surface area contributed by atoms with Crippen LogP contribution < -0.4 is 4.90 Å². The number of anilines is 3. The molecule has 0 amide bonds. The van der Waals surface area contributed by atoms with E-state index in [-0.39, 0.29) is 0 Å². The smallest absolute Gasteiger partial charge is 0.143 e. The van der Waals surface area contributed by atoms with Crippen molar-refractivity contribution < 1.29 is 8.83 Å². The molecule has 0 atom stereocenters. The molecule has 0 bridgehead atoms. The fraction of sp³-hybridized carbons (Fsp3) is 0. The summed E-state index contributed by atoms with van der Waals surface area (Å²) in [4.78, 5) is 2.32. The molecule has 0 unspecified atom stereocenters. The fourth-order valence-corrected chi connectivity index (χ4v) is 8.27. The first-order valence-corrected chi connectivity index (χ1v) is 19.3. The third kappa shape index (κ3) is 5.76. The molecule has 0 aliphatic heterocycles. The number of furan rings is 2. The first-order chi connectivity index (χ1) is 28.2. The average Bonchev–Trinajstić information content (AvgIpc) is 3.86. The number of hydrogen-bond acceptors (Lipinski definition) is 3. The Morgan fingerprint density at radius 1 is 0.263 bits per heavy atom. The van der Waals surface area contributed by atoms with Crippen LogP contribution >= 0.6 is 0 Å². The van der Waals surface area contributed by atoms with Gasteiger partial charge >= 0.3 is 0 Å². The van der Waals surface area contributed by atoms with Crippen molar-refractivity contribution in [2.24, 2.45) is 0 Å². The number of rotatable bonds is 7. The maximum absolute atomic E-state index is 6.88. The highest BCUT2D eigenvalue weighted by Gasteiger charge is 2.18. The van der Waals surface area contributed by atoms with Gasteiger partial charge in [0.1, 0.15) is 22.3 Å². The molecule has 0 spiro atoms. The molecule has 9 aromatic carbocycles. The van der Waals surface area contributed by atoms with Gasteiger partial charge in [0.05, 0.1) is 0 Å². The second-order valence-corrected chi connectivity index (χ2v) is 14.5. The van der Waals surface area contributed by atoms with E-state index >= 15 is 0 Å². The second-order valence-electron chi connectivity index (χ2n) is 14.5. The molecule has 0 aliphatic carbocycles. The predicted molar refractivity (Wildman–Crippen MR) is 237 cm³/mol. The largest absolute Gasteiger partial charge is 0.456 e. The molecule has 268 valence electrons. The van der Waals surface area contributed by atoms with E-state index in [4.69, 9.17) is 8.83 Å². The van der Waals surface area contributed by atoms with Crippen LogP contribution in [0, 0.1) is 0 Å². The van der Waals surface area contributed by atoms with Gasteiger partial charge in [0, 0.05) is 49.7 Å². The highest BCUT2D eigenvalue weighted by atomic mass is 16.3. The molecule has 0 fully saturated rings. The third-order valence-corrected chi connectivity index (χ3v) is 11.1. The highest BCUT2D eigenvalue weighted by molar-refractivity contribution is 6.14. The van der Waals surface area contributed by atoms with Gasteiger partial charge in [-0.1, -0.05) is 158 Å². The van der Waals surface area contributed by atoms with Crippen molar-refractivity contribution >= 4 is 60.9 Å². The van der Waals surface area contributed by atoms with Crippen LogP contribution in [0.15, 0.2) is 221 Å². The molecule has 57 heavy (non-hydrogen) atoms. The summed E-state index contributed by atoms with van der Waals surface area (Å²) >= 11 is 0. The molecule has 0 saturated heterocycles. The lowest BCUT2D eigenvalue weighted by Gasteiger charge is -2.26. The Hall–Kier alpha value is -7.62. The Labute approximate surface area is 330 Å². The number of nitrogens with zero attached hydrogens (tertiary/aromatic N) is 1. The summed E-state index contributed by atoms with van der Waals surface area (Å²) in [5.74, 6) is 0. The molecule has 0 N–H and O–H groups in total. The Morgan fingerprint density at radius 3 is 1.25 bits per heavy atom. The van der Waals surface area contributed by atoms with Crippen molar-refractivity contribution in [3.8, 4) is 44.5 Å². The minimum atomic E-state index is 0.882. The lowest BCUT2D eigenvalue weighted by molar-refractivity contribution is 0.668. The van der Waals surface area contributed by atoms with Crippen molar-refractivity contribution in [2.75, 3.05) is 4.90 Å². The first-order valence-electron chi connectivity index (χ1n) is 19.3. The van der Waals surface area contributed by atoms with Crippen LogP contribution in [0.2, 0.25) is 0 Å². The van der Waals surface area contributed by atoms with Gasteiger partial charge in [-0.15, -0.1) is 0 Å². The van der Waals surface area contributed by atoms with Gasteiger partial charge in [0.15, 0.2) is 0 Å². The molecule has 0 saturated carbocycles. The van der Waals surface area contributed by atoms with Gasteiger partial charge in [-0.3, -0.25) is 0 Å². The van der Waals surface area contributed by atoms with Gasteiger partial charge in [0.2, 0.25) is 0 Å². The molecular weight excluding hydrogens is 695 g/mol. The third-order valence-electron chi connectivity index (χ3n) is 11.1. The zero-order valence-electron chi connectivity index (χ0n) is 31.0. The van der Waals surface area contributed by atoms with Gasteiger partial charge in [-0.05, 0) is 88.0 Å². The lowest BCUT2D eigenvalue weighted by atomic mass is 9.99. The quantitative estimate of drug-likeness (QED) is 0.164. The number of fused-ring (bicyclic) bond motifs is 6. The summed E-state index contributed by atoms with van der Waals surface area (Å²) in [5.41, 5.74) is 15.9. The van der Waals surface area contributed by atoms with E-state index in [0.29, 0.717) is 0 Å². The van der Waals surface area contributed by atoms with Crippen LogP contribution in [0.1, 0.15) is 0 Å². The molecular formula is C54H35NO2. The van der Waals surface area contributed by atoms with Gasteiger partial charge in [-0.25, -0.2) is 0 Å². The van der Waals surface area contributed by atoms with Crippen LogP contribution in [-0.4, -0.2) is 0 Å². The van der Waals surface area contributed by atoms with Crippen molar-refractivity contribution in [1.82, 2.24) is 0 Å². The average molecular weight is 730 g/mol. The van der Waals surface area contributed by atoms with E-state index in [9.17, 15) is 0 Å². The standard InChI is InChI=1S/C54H35NO2/c1-3-11-36(12-4-1)38-21-28-42(29-22-38)55(43-30-23-39(24-31-43)37-13-5-2-6-14-37)44-32-25-40(26-33-44)45-16-9-18-48-49-19-10-17-46(54(49)57-53(45)48)41-27-34-52-50(35-41)47-15-7-8-20-51(47)56-52/h1-35H. The van der Waals surface area contributed by atoms with Crippen LogP contribution in [0.4, 0.5) is 17.1 Å². The van der Waals surface area contributed by atoms with Crippen molar-refractivity contribution in [1.29, 1.82) is 0 Å². The number of para-hydroxylation sites is 3. The van der Waals surface area contributed by atoms with E-state index in [1.54, 1.807) is 0 Å². The van der Waals surface area contributed by atoms with E-state index in [1.165, 1.54) is 22.3 Å². The van der Waals surface area contributed by atoms with E-state index in [0.717, 1.165) is 83.2 Å². The number of benzene rings is 9. The SMILES string of the molecule is c1ccc(-c2ccc(N(c3ccc(-c4ccccc4)cc3)c3ccc(-c4cccc5c4oc4c(-c6ccc7oc8ccccc8c7c6)cccc45)cc3)cc2)cc1. The molecule has 11 rings (SSSR count). The molecule has 2 aromatic heterocycles. The van der Waals surface area contributed by atoms with Crippen LogP contribution in [0.25, 0.3) is 88.4 Å². The van der Waals surface area contributed by atoms with E-state index < -0.39 is 0 Å². The Kier molecular flexibility index (Phi) is 7.82. The molecule has 2 heterocycles. The summed E-state index contributed by atoms with van der Waals surface area (Å²) in [6.07, 6.45) is 0. The summed E-state index contributed by atoms with van der Waals surface area (Å²) < 4.78 is 13.0. The van der Waals surface area contributed by atoms with Gasteiger partial charge in [-0.2, -0.15) is 0 Å². The van der Waals surface area contributed by atoms with Gasteiger partial charge < -0.3 is 13.7 Å². The summed E-state index contributed by atoms with van der Waals surface area (Å²) in [7, 11) is 0. The first kappa shape index (κ1) is 32.8. The minimum Gasteiger partial charge on any atom is -0.456 e. The maximum Gasteiger partial charge on any atom is 0.143 e. The normalized spacial score (nSPS) is 11.5. The Bertz CT molecular complexity index is 3110. The van der Waals surface area contributed by atoms with E-state index in [2.05, 4.69) is 205 Å². The van der Waals surface area contributed by atoms with Crippen LogP contribution in [0.5, 0.6) is 0 Å². The van der Waals surface area contributed by atoms with Crippen molar-refractivity contribution in [3.05, 3.63) is 212 Å². The predicted octanol–water partition coefficient (Wildman–Crippen LogP) is 15.6. The number of hydrogen-bond donors (Lipinski definition) is 0. The Morgan fingerprint density at radius 2 is 0.684 bits per heavy atom. The van der Waals surface area contributed by atoms with Crippen LogP contribution in [-0.2, 0) is 0 Å². The summed E-state index contributed by atoms with van der Waals surface area (Å²) in [6.45, 7) is 0. The second kappa shape index (κ2) is 13.6. The topological polar surface area (TPSA) is 29.5 Å².